The lowest BCUT2D eigenvalue weighted by atomic mass is 9.99. The van der Waals surface area contributed by atoms with E-state index in [2.05, 4.69) is 5.43 Å². The summed E-state index contributed by atoms with van der Waals surface area (Å²) < 4.78 is 0. The first-order chi connectivity index (χ1) is 10.0. The van der Waals surface area contributed by atoms with Crippen LogP contribution in [0.3, 0.4) is 0 Å². The molecule has 0 saturated carbocycles. The maximum Gasteiger partial charge on any atom is 0.241 e. The quantitative estimate of drug-likeness (QED) is 0.371. The molecule has 6 nitrogen and oxygen atoms in total. The van der Waals surface area contributed by atoms with Gasteiger partial charge in [-0.25, -0.2) is 5.84 Å². The van der Waals surface area contributed by atoms with E-state index < -0.39 is 0 Å². The van der Waals surface area contributed by atoms with Crippen molar-refractivity contribution in [1.29, 1.82) is 0 Å². The minimum atomic E-state index is -0.345. The molecule has 0 radical (unpaired) electrons. The first kappa shape index (κ1) is 15.2. The number of benzene rings is 1. The van der Waals surface area contributed by atoms with Crippen molar-refractivity contribution in [1.82, 2.24) is 10.3 Å². The molecular formula is C15H19N3O3. The van der Waals surface area contributed by atoms with Crippen LogP contribution in [0.4, 0.5) is 0 Å². The van der Waals surface area contributed by atoms with Crippen LogP contribution >= 0.6 is 0 Å². The van der Waals surface area contributed by atoms with Gasteiger partial charge in [0, 0.05) is 12.8 Å². The fraction of sp³-hybridized carbons (Fsp3) is 0.400. The van der Waals surface area contributed by atoms with Gasteiger partial charge in [0.15, 0.2) is 0 Å². The van der Waals surface area contributed by atoms with E-state index >= 15 is 0 Å². The number of carbonyl (C=O) groups excluding carboxylic acids is 3. The lowest BCUT2D eigenvalue weighted by molar-refractivity contribution is -0.148. The monoisotopic (exact) mass is 289 g/mol. The second-order valence-corrected chi connectivity index (χ2v) is 5.20. The third-order valence-electron chi connectivity index (χ3n) is 3.74. The number of hydrazine groups is 1. The van der Waals surface area contributed by atoms with Gasteiger partial charge in [0.25, 0.3) is 0 Å². The van der Waals surface area contributed by atoms with Crippen molar-refractivity contribution < 1.29 is 14.4 Å². The molecule has 1 fully saturated rings. The maximum absolute atomic E-state index is 11.8. The number of nitrogens with one attached hydrogen (secondary N) is 1. The van der Waals surface area contributed by atoms with Crippen LogP contribution in [0.1, 0.15) is 43.2 Å². The molecule has 0 aliphatic carbocycles. The number of hydrogen-bond donors (Lipinski definition) is 2. The first-order valence-corrected chi connectivity index (χ1v) is 6.95. The molecule has 1 aromatic rings. The maximum atomic E-state index is 11.8. The molecule has 1 aliphatic heterocycles. The molecule has 21 heavy (non-hydrogen) atoms. The molecular weight excluding hydrogens is 270 g/mol. The Morgan fingerprint density at radius 2 is 1.81 bits per heavy atom. The van der Waals surface area contributed by atoms with Crippen LogP contribution < -0.4 is 11.3 Å². The number of piperidine rings is 1. The summed E-state index contributed by atoms with van der Waals surface area (Å²) in [5.41, 5.74) is 3.81. The Kier molecular flexibility index (Phi) is 4.70. The number of likely N-dealkylation sites (tertiary alicyclic amines) is 1. The highest BCUT2D eigenvalue weighted by Crippen LogP contribution is 2.19. The molecule has 2 rings (SSSR count). The van der Waals surface area contributed by atoms with E-state index in [0.29, 0.717) is 19.3 Å². The predicted molar refractivity (Wildman–Crippen MR) is 76.6 cm³/mol. The van der Waals surface area contributed by atoms with Gasteiger partial charge in [-0.1, -0.05) is 24.3 Å². The summed E-state index contributed by atoms with van der Waals surface area (Å²) in [4.78, 5) is 36.3. The Hall–Kier alpha value is -2.21. The Balaban J connectivity index is 2.07. The van der Waals surface area contributed by atoms with Gasteiger partial charge in [0.2, 0.25) is 17.7 Å². The predicted octanol–water partition coefficient (Wildman–Crippen LogP) is 0.819. The van der Waals surface area contributed by atoms with E-state index in [4.69, 9.17) is 5.84 Å². The third kappa shape index (κ3) is 3.46. The van der Waals surface area contributed by atoms with Crippen molar-refractivity contribution in [3.05, 3.63) is 35.4 Å². The fourth-order valence-electron chi connectivity index (χ4n) is 2.35. The average molecular weight is 289 g/mol. The second-order valence-electron chi connectivity index (χ2n) is 5.20. The zero-order valence-corrected chi connectivity index (χ0v) is 12.0. The molecule has 1 aromatic carbocycles. The fourth-order valence-corrected chi connectivity index (χ4v) is 2.35. The molecule has 3 amide bonds. The van der Waals surface area contributed by atoms with E-state index in [-0.39, 0.29) is 30.2 Å². The van der Waals surface area contributed by atoms with Gasteiger partial charge in [-0.15, -0.1) is 0 Å². The molecule has 1 saturated heterocycles. The van der Waals surface area contributed by atoms with Crippen LogP contribution in [0.5, 0.6) is 0 Å². The Bertz CT molecular complexity index is 538. The molecule has 1 unspecified atom stereocenters. The van der Waals surface area contributed by atoms with Crippen LogP contribution in [-0.4, -0.2) is 22.6 Å². The smallest absolute Gasteiger partial charge is 0.241 e. The third-order valence-corrected chi connectivity index (χ3v) is 3.74. The van der Waals surface area contributed by atoms with E-state index in [1.165, 1.54) is 4.90 Å². The zero-order chi connectivity index (χ0) is 15.4. The van der Waals surface area contributed by atoms with Crippen molar-refractivity contribution in [2.75, 3.05) is 0 Å². The molecule has 0 aromatic heterocycles. The van der Waals surface area contributed by atoms with Crippen molar-refractivity contribution in [2.45, 2.75) is 38.6 Å². The summed E-state index contributed by atoms with van der Waals surface area (Å²) >= 11 is 0. The van der Waals surface area contributed by atoms with Gasteiger partial charge >= 0.3 is 0 Å². The average Bonchev–Trinajstić information content (AvgIpc) is 2.50. The summed E-state index contributed by atoms with van der Waals surface area (Å²) in [6.07, 6.45) is 1.49. The summed E-state index contributed by atoms with van der Waals surface area (Å²) in [7, 11) is 0. The normalized spacial score (nSPS) is 16.8. The lowest BCUT2D eigenvalue weighted by Gasteiger charge is -2.25. The summed E-state index contributed by atoms with van der Waals surface area (Å²) in [6, 6.07) is 7.28. The second kappa shape index (κ2) is 6.49. The molecule has 3 N–H and O–H groups in total. The Morgan fingerprint density at radius 3 is 2.33 bits per heavy atom. The molecule has 1 heterocycles. The number of carbonyl (C=O) groups is 3. The minimum Gasteiger partial charge on any atom is -0.294 e. The van der Waals surface area contributed by atoms with Crippen LogP contribution in [-0.2, 0) is 20.9 Å². The highest BCUT2D eigenvalue weighted by molar-refractivity contribution is 5.97. The van der Waals surface area contributed by atoms with Crippen LogP contribution in [0.15, 0.2) is 24.3 Å². The lowest BCUT2D eigenvalue weighted by Crippen LogP contribution is -2.39. The largest absolute Gasteiger partial charge is 0.294 e. The van der Waals surface area contributed by atoms with Crippen LogP contribution in [0.25, 0.3) is 0 Å². The van der Waals surface area contributed by atoms with Gasteiger partial charge in [0.1, 0.15) is 0 Å². The molecule has 1 aliphatic rings. The number of nitrogens with zero attached hydrogens (tertiary/aromatic N) is 1. The number of amides is 3. The van der Waals surface area contributed by atoms with Crippen molar-refractivity contribution in [3.63, 3.8) is 0 Å². The van der Waals surface area contributed by atoms with Gasteiger partial charge in [-0.05, 0) is 24.5 Å². The molecule has 0 spiro atoms. The first-order valence-electron chi connectivity index (χ1n) is 6.95. The van der Waals surface area contributed by atoms with E-state index in [9.17, 15) is 14.4 Å². The number of rotatable bonds is 4. The number of nitrogens with two attached hydrogens (primary N) is 1. The van der Waals surface area contributed by atoms with Crippen molar-refractivity contribution >= 4 is 17.7 Å². The minimum absolute atomic E-state index is 0.119. The van der Waals surface area contributed by atoms with Gasteiger partial charge in [0.05, 0.1) is 12.5 Å². The molecule has 112 valence electrons. The van der Waals surface area contributed by atoms with E-state index in [1.807, 2.05) is 24.3 Å². The molecule has 1 atom stereocenters. The molecule has 0 bridgehead atoms. The summed E-state index contributed by atoms with van der Waals surface area (Å²) in [6.45, 7) is 2.05. The van der Waals surface area contributed by atoms with E-state index in [1.54, 1.807) is 6.92 Å². The van der Waals surface area contributed by atoms with Gasteiger partial charge in [-0.3, -0.25) is 24.7 Å². The Morgan fingerprint density at radius 1 is 1.24 bits per heavy atom. The van der Waals surface area contributed by atoms with E-state index in [0.717, 1.165) is 11.1 Å². The SMILES string of the molecule is CC(C(=O)NN)c1ccc(CN2C(=O)CCCC2=O)cc1. The highest BCUT2D eigenvalue weighted by Gasteiger charge is 2.25. The zero-order valence-electron chi connectivity index (χ0n) is 12.0. The van der Waals surface area contributed by atoms with Crippen molar-refractivity contribution in [2.24, 2.45) is 5.84 Å². The number of hydrogen-bond acceptors (Lipinski definition) is 4. The van der Waals surface area contributed by atoms with Gasteiger partial charge in [-0.2, -0.15) is 0 Å². The van der Waals surface area contributed by atoms with Crippen LogP contribution in [0.2, 0.25) is 0 Å². The number of imide groups is 1. The topological polar surface area (TPSA) is 92.5 Å². The Labute approximate surface area is 123 Å². The standard InChI is InChI=1S/C15H19N3O3/c1-10(15(21)17-16)12-7-5-11(6-8-12)9-18-13(19)3-2-4-14(18)20/h5-8,10H,2-4,9,16H2,1H3,(H,17,21). The summed E-state index contributed by atoms with van der Waals surface area (Å²) in [5, 5.41) is 0. The van der Waals surface area contributed by atoms with Crippen molar-refractivity contribution in [3.8, 4) is 0 Å². The van der Waals surface area contributed by atoms with Gasteiger partial charge < -0.3 is 0 Å². The highest BCUT2D eigenvalue weighted by atomic mass is 16.2. The molecule has 6 heteroatoms. The van der Waals surface area contributed by atoms with Crippen LogP contribution in [0, 0.1) is 0 Å². The summed E-state index contributed by atoms with van der Waals surface area (Å²) in [5.74, 6) is 4.27.